The fourth-order valence-corrected chi connectivity index (χ4v) is 1.94. The van der Waals surface area contributed by atoms with Crippen LogP contribution in [0.25, 0.3) is 11.0 Å². The van der Waals surface area contributed by atoms with E-state index in [-0.39, 0.29) is 6.10 Å². The SMILES string of the molecule is CC(O)CSc1nc2ccccc2[nH]1. The number of rotatable bonds is 3. The molecule has 2 rings (SSSR count). The number of aromatic nitrogens is 2. The predicted octanol–water partition coefficient (Wildman–Crippen LogP) is 2.04. The van der Waals surface area contributed by atoms with Gasteiger partial charge in [0.2, 0.25) is 0 Å². The summed E-state index contributed by atoms with van der Waals surface area (Å²) < 4.78 is 0. The number of fused-ring (bicyclic) bond motifs is 1. The van der Waals surface area contributed by atoms with Gasteiger partial charge >= 0.3 is 0 Å². The summed E-state index contributed by atoms with van der Waals surface area (Å²) in [6.45, 7) is 1.77. The number of nitrogens with zero attached hydrogens (tertiary/aromatic N) is 1. The molecule has 0 aliphatic rings. The average molecular weight is 208 g/mol. The number of para-hydroxylation sites is 2. The minimum absolute atomic E-state index is 0.298. The van der Waals surface area contributed by atoms with Crippen molar-refractivity contribution in [2.45, 2.75) is 18.2 Å². The normalized spacial score (nSPS) is 13.3. The van der Waals surface area contributed by atoms with Crippen LogP contribution in [0.1, 0.15) is 6.92 Å². The number of H-pyrrole nitrogens is 1. The summed E-state index contributed by atoms with van der Waals surface area (Å²) in [6.07, 6.45) is -0.298. The molecule has 3 nitrogen and oxygen atoms in total. The Bertz CT molecular complexity index is 392. The number of aliphatic hydroxyl groups is 1. The molecule has 0 aliphatic carbocycles. The molecule has 1 aromatic carbocycles. The molecule has 14 heavy (non-hydrogen) atoms. The molecule has 2 N–H and O–H groups in total. The first-order chi connectivity index (χ1) is 6.75. The van der Waals surface area contributed by atoms with E-state index in [9.17, 15) is 0 Å². The van der Waals surface area contributed by atoms with E-state index in [4.69, 9.17) is 5.11 Å². The van der Waals surface area contributed by atoms with Crippen LogP contribution in [0.15, 0.2) is 29.4 Å². The Hall–Kier alpha value is -1.00. The fraction of sp³-hybridized carbons (Fsp3) is 0.300. The molecule has 1 atom stereocenters. The molecule has 2 aromatic rings. The molecule has 0 spiro atoms. The zero-order chi connectivity index (χ0) is 9.97. The lowest BCUT2D eigenvalue weighted by Gasteiger charge is -1.99. The van der Waals surface area contributed by atoms with Gasteiger partial charge in [0.15, 0.2) is 5.16 Å². The predicted molar refractivity (Wildman–Crippen MR) is 58.5 cm³/mol. The zero-order valence-corrected chi connectivity index (χ0v) is 8.71. The summed E-state index contributed by atoms with van der Waals surface area (Å²) in [5.74, 6) is 0.666. The summed E-state index contributed by atoms with van der Waals surface area (Å²) in [5, 5.41) is 9.99. The quantitative estimate of drug-likeness (QED) is 0.759. The summed E-state index contributed by atoms with van der Waals surface area (Å²) in [4.78, 5) is 7.57. The van der Waals surface area contributed by atoms with Crippen LogP contribution in [0, 0.1) is 0 Å². The van der Waals surface area contributed by atoms with Crippen LogP contribution in [0.4, 0.5) is 0 Å². The van der Waals surface area contributed by atoms with Crippen LogP contribution < -0.4 is 0 Å². The minimum atomic E-state index is -0.298. The third-order valence-corrected chi connectivity index (χ3v) is 2.94. The van der Waals surface area contributed by atoms with Gasteiger partial charge in [-0.15, -0.1) is 0 Å². The van der Waals surface area contributed by atoms with Crippen molar-refractivity contribution in [3.8, 4) is 0 Å². The van der Waals surface area contributed by atoms with Gasteiger partial charge in [0.1, 0.15) is 0 Å². The summed E-state index contributed by atoms with van der Waals surface area (Å²) in [7, 11) is 0. The fourth-order valence-electron chi connectivity index (χ4n) is 1.20. The van der Waals surface area contributed by atoms with Gasteiger partial charge in [-0.25, -0.2) is 4.98 Å². The number of aromatic amines is 1. The smallest absolute Gasteiger partial charge is 0.166 e. The third kappa shape index (κ3) is 2.08. The highest BCUT2D eigenvalue weighted by molar-refractivity contribution is 7.99. The van der Waals surface area contributed by atoms with Crippen LogP contribution in [0.3, 0.4) is 0 Å². The maximum atomic E-state index is 9.13. The van der Waals surface area contributed by atoms with E-state index in [1.165, 1.54) is 11.8 Å². The highest BCUT2D eigenvalue weighted by Gasteiger charge is 2.03. The van der Waals surface area contributed by atoms with Gasteiger partial charge < -0.3 is 10.1 Å². The van der Waals surface area contributed by atoms with Gasteiger partial charge in [-0.3, -0.25) is 0 Å². The van der Waals surface area contributed by atoms with E-state index in [0.29, 0.717) is 5.75 Å². The maximum Gasteiger partial charge on any atom is 0.166 e. The Morgan fingerprint density at radius 3 is 3.00 bits per heavy atom. The molecule has 1 aromatic heterocycles. The van der Waals surface area contributed by atoms with Gasteiger partial charge in [-0.1, -0.05) is 23.9 Å². The number of benzene rings is 1. The lowest BCUT2D eigenvalue weighted by molar-refractivity contribution is 0.220. The van der Waals surface area contributed by atoms with Crippen LogP contribution in [0.5, 0.6) is 0 Å². The van der Waals surface area contributed by atoms with Gasteiger partial charge in [0.25, 0.3) is 0 Å². The molecule has 1 heterocycles. The number of imidazole rings is 1. The van der Waals surface area contributed by atoms with Crippen LogP contribution in [-0.2, 0) is 0 Å². The Balaban J connectivity index is 2.19. The van der Waals surface area contributed by atoms with E-state index in [1.54, 1.807) is 6.92 Å². The van der Waals surface area contributed by atoms with Crippen molar-refractivity contribution in [3.05, 3.63) is 24.3 Å². The van der Waals surface area contributed by atoms with Gasteiger partial charge in [0, 0.05) is 5.75 Å². The molecule has 0 aliphatic heterocycles. The lowest BCUT2D eigenvalue weighted by atomic mass is 10.3. The molecule has 0 saturated heterocycles. The second kappa shape index (κ2) is 4.02. The molecule has 74 valence electrons. The van der Waals surface area contributed by atoms with E-state index < -0.39 is 0 Å². The molecular formula is C10H12N2OS. The zero-order valence-electron chi connectivity index (χ0n) is 7.90. The molecule has 0 amide bonds. The summed E-state index contributed by atoms with van der Waals surface area (Å²) in [5.41, 5.74) is 2.01. The Labute approximate surface area is 86.6 Å². The van der Waals surface area contributed by atoms with Crippen LogP contribution in [0.2, 0.25) is 0 Å². The minimum Gasteiger partial charge on any atom is -0.393 e. The van der Waals surface area contributed by atoms with Crippen molar-refractivity contribution in [2.75, 3.05) is 5.75 Å². The second-order valence-electron chi connectivity index (χ2n) is 3.22. The number of hydrogen-bond acceptors (Lipinski definition) is 3. The van der Waals surface area contributed by atoms with E-state index in [1.807, 2.05) is 24.3 Å². The monoisotopic (exact) mass is 208 g/mol. The molecule has 0 fully saturated rings. The van der Waals surface area contributed by atoms with E-state index in [2.05, 4.69) is 9.97 Å². The number of nitrogens with one attached hydrogen (secondary N) is 1. The van der Waals surface area contributed by atoms with Crippen molar-refractivity contribution in [1.82, 2.24) is 9.97 Å². The largest absolute Gasteiger partial charge is 0.393 e. The van der Waals surface area contributed by atoms with E-state index in [0.717, 1.165) is 16.2 Å². The van der Waals surface area contributed by atoms with Gasteiger partial charge in [-0.05, 0) is 19.1 Å². The van der Waals surface area contributed by atoms with Crippen molar-refractivity contribution in [2.24, 2.45) is 0 Å². The van der Waals surface area contributed by atoms with Gasteiger partial charge in [0.05, 0.1) is 17.1 Å². The summed E-state index contributed by atoms with van der Waals surface area (Å²) in [6, 6.07) is 7.91. The van der Waals surface area contributed by atoms with Crippen molar-refractivity contribution >= 4 is 22.8 Å². The first-order valence-electron chi connectivity index (χ1n) is 4.51. The van der Waals surface area contributed by atoms with E-state index >= 15 is 0 Å². The first kappa shape index (κ1) is 9.55. The maximum absolute atomic E-state index is 9.13. The first-order valence-corrected chi connectivity index (χ1v) is 5.50. The van der Waals surface area contributed by atoms with Gasteiger partial charge in [-0.2, -0.15) is 0 Å². The Morgan fingerprint density at radius 2 is 2.29 bits per heavy atom. The number of thioether (sulfide) groups is 1. The number of hydrogen-bond donors (Lipinski definition) is 2. The molecule has 1 unspecified atom stereocenters. The highest BCUT2D eigenvalue weighted by Crippen LogP contribution is 2.19. The van der Waals surface area contributed by atoms with Crippen LogP contribution in [-0.4, -0.2) is 26.9 Å². The Kier molecular flexibility index (Phi) is 2.74. The highest BCUT2D eigenvalue weighted by atomic mass is 32.2. The molecule has 4 heteroatoms. The topological polar surface area (TPSA) is 48.9 Å². The van der Waals surface area contributed by atoms with Crippen LogP contribution >= 0.6 is 11.8 Å². The standard InChI is InChI=1S/C10H12N2OS/c1-7(13)6-14-10-11-8-4-2-3-5-9(8)12-10/h2-5,7,13H,6H2,1H3,(H,11,12). The molecule has 0 bridgehead atoms. The van der Waals surface area contributed by atoms with Crippen molar-refractivity contribution < 1.29 is 5.11 Å². The lowest BCUT2D eigenvalue weighted by Crippen LogP contribution is -2.02. The second-order valence-corrected chi connectivity index (χ2v) is 4.23. The third-order valence-electron chi connectivity index (χ3n) is 1.83. The average Bonchev–Trinajstić information content (AvgIpc) is 2.57. The molecule has 0 saturated carbocycles. The molecule has 0 radical (unpaired) electrons. The Morgan fingerprint density at radius 1 is 1.50 bits per heavy atom. The van der Waals surface area contributed by atoms with Crippen molar-refractivity contribution in [3.63, 3.8) is 0 Å². The van der Waals surface area contributed by atoms with Crippen molar-refractivity contribution in [1.29, 1.82) is 0 Å². The number of aliphatic hydroxyl groups excluding tert-OH is 1. The summed E-state index contributed by atoms with van der Waals surface area (Å²) >= 11 is 1.54. The molecular weight excluding hydrogens is 196 g/mol.